The van der Waals surface area contributed by atoms with Gasteiger partial charge >= 0.3 is 0 Å². The number of benzene rings is 1. The molecule has 2 aliphatic rings. The highest BCUT2D eigenvalue weighted by atomic mass is 16.5. The van der Waals surface area contributed by atoms with Crippen molar-refractivity contribution in [1.29, 1.82) is 0 Å². The standard InChI is InChI=1S/C17H26N2O/c1-12-7-8-19(11-14(12)10-18)17-6-4-13-3-5-15(20-2)9-16(13)17/h3,5,9,12,14,17H,4,6-8,10-11,18H2,1-2H3. The van der Waals surface area contributed by atoms with E-state index in [1.807, 2.05) is 0 Å². The van der Waals surface area contributed by atoms with E-state index >= 15 is 0 Å². The van der Waals surface area contributed by atoms with Gasteiger partial charge < -0.3 is 10.5 Å². The maximum atomic E-state index is 5.95. The molecular weight excluding hydrogens is 248 g/mol. The number of nitrogens with zero attached hydrogens (tertiary/aromatic N) is 1. The van der Waals surface area contributed by atoms with Gasteiger partial charge in [-0.2, -0.15) is 0 Å². The molecule has 1 fully saturated rings. The summed E-state index contributed by atoms with van der Waals surface area (Å²) in [5.41, 5.74) is 8.93. The van der Waals surface area contributed by atoms with Crippen molar-refractivity contribution >= 4 is 0 Å². The number of fused-ring (bicyclic) bond motifs is 1. The van der Waals surface area contributed by atoms with Crippen molar-refractivity contribution < 1.29 is 4.74 Å². The third kappa shape index (κ3) is 2.45. The van der Waals surface area contributed by atoms with E-state index in [2.05, 4.69) is 30.0 Å². The SMILES string of the molecule is COc1ccc2c(c1)C(N1CCC(C)C(CN)C1)CC2. The number of likely N-dealkylation sites (tertiary alicyclic amines) is 1. The van der Waals surface area contributed by atoms with Crippen LogP contribution in [0, 0.1) is 11.8 Å². The molecule has 1 heterocycles. The normalized spacial score (nSPS) is 30.2. The number of piperidine rings is 1. The molecule has 2 N–H and O–H groups in total. The fourth-order valence-electron chi connectivity index (χ4n) is 3.83. The predicted octanol–water partition coefficient (Wildman–Crippen LogP) is 2.60. The van der Waals surface area contributed by atoms with E-state index in [1.165, 1.54) is 36.9 Å². The van der Waals surface area contributed by atoms with Gasteiger partial charge in [-0.3, -0.25) is 4.90 Å². The van der Waals surface area contributed by atoms with Gasteiger partial charge in [-0.05, 0) is 67.4 Å². The Balaban J connectivity index is 1.80. The number of aryl methyl sites for hydroxylation is 1. The summed E-state index contributed by atoms with van der Waals surface area (Å²) in [5.74, 6) is 2.40. The largest absolute Gasteiger partial charge is 0.497 e. The molecule has 0 bridgehead atoms. The van der Waals surface area contributed by atoms with Gasteiger partial charge in [-0.25, -0.2) is 0 Å². The molecule has 3 atom stereocenters. The van der Waals surface area contributed by atoms with Gasteiger partial charge in [-0.15, -0.1) is 0 Å². The Hall–Kier alpha value is -1.06. The van der Waals surface area contributed by atoms with Gasteiger partial charge in [0.1, 0.15) is 5.75 Å². The molecule has 0 saturated carbocycles. The van der Waals surface area contributed by atoms with Crippen molar-refractivity contribution in [2.75, 3.05) is 26.7 Å². The minimum Gasteiger partial charge on any atom is -0.497 e. The number of methoxy groups -OCH3 is 1. The Kier molecular flexibility index (Phi) is 3.99. The van der Waals surface area contributed by atoms with Crippen LogP contribution in [-0.2, 0) is 6.42 Å². The maximum absolute atomic E-state index is 5.95. The van der Waals surface area contributed by atoms with E-state index < -0.39 is 0 Å². The molecule has 0 radical (unpaired) electrons. The predicted molar refractivity (Wildman–Crippen MR) is 82.0 cm³/mol. The molecule has 110 valence electrons. The molecule has 0 aromatic heterocycles. The zero-order chi connectivity index (χ0) is 14.1. The Labute approximate surface area is 122 Å². The lowest BCUT2D eigenvalue weighted by molar-refractivity contribution is 0.0908. The number of ether oxygens (including phenoxy) is 1. The van der Waals surface area contributed by atoms with Crippen LogP contribution in [0.3, 0.4) is 0 Å². The van der Waals surface area contributed by atoms with Gasteiger partial charge in [0.15, 0.2) is 0 Å². The zero-order valence-electron chi connectivity index (χ0n) is 12.6. The molecule has 0 spiro atoms. The Bertz CT molecular complexity index is 474. The van der Waals surface area contributed by atoms with Crippen molar-refractivity contribution in [3.63, 3.8) is 0 Å². The fourth-order valence-corrected chi connectivity index (χ4v) is 3.83. The second-order valence-corrected chi connectivity index (χ2v) is 6.38. The minimum absolute atomic E-state index is 0.571. The van der Waals surface area contributed by atoms with Crippen LogP contribution < -0.4 is 10.5 Å². The molecule has 3 nitrogen and oxygen atoms in total. The summed E-state index contributed by atoms with van der Waals surface area (Å²) >= 11 is 0. The molecule has 3 rings (SSSR count). The van der Waals surface area contributed by atoms with Crippen LogP contribution in [0.15, 0.2) is 18.2 Å². The monoisotopic (exact) mass is 274 g/mol. The molecule has 3 unspecified atom stereocenters. The third-order valence-electron chi connectivity index (χ3n) is 5.29. The van der Waals surface area contributed by atoms with Crippen LogP contribution in [0.2, 0.25) is 0 Å². The topological polar surface area (TPSA) is 38.5 Å². The van der Waals surface area contributed by atoms with Gasteiger partial charge in [0.05, 0.1) is 7.11 Å². The summed E-state index contributed by atoms with van der Waals surface area (Å²) in [6.07, 6.45) is 3.72. The first-order valence-electron chi connectivity index (χ1n) is 7.84. The molecule has 1 aliphatic heterocycles. The van der Waals surface area contributed by atoms with E-state index in [1.54, 1.807) is 7.11 Å². The lowest BCUT2D eigenvalue weighted by Crippen LogP contribution is -2.43. The third-order valence-corrected chi connectivity index (χ3v) is 5.29. The van der Waals surface area contributed by atoms with Crippen LogP contribution in [0.4, 0.5) is 0 Å². The average Bonchev–Trinajstić information content (AvgIpc) is 2.90. The van der Waals surface area contributed by atoms with Crippen LogP contribution in [-0.4, -0.2) is 31.6 Å². The summed E-state index contributed by atoms with van der Waals surface area (Å²) in [6, 6.07) is 7.13. The number of hydrogen-bond donors (Lipinski definition) is 1. The van der Waals surface area contributed by atoms with E-state index in [9.17, 15) is 0 Å². The second-order valence-electron chi connectivity index (χ2n) is 6.38. The molecule has 20 heavy (non-hydrogen) atoms. The second kappa shape index (κ2) is 5.74. The maximum Gasteiger partial charge on any atom is 0.119 e. The van der Waals surface area contributed by atoms with Crippen molar-refractivity contribution in [3.05, 3.63) is 29.3 Å². The van der Waals surface area contributed by atoms with Gasteiger partial charge in [-0.1, -0.05) is 13.0 Å². The summed E-state index contributed by atoms with van der Waals surface area (Å²) < 4.78 is 5.40. The van der Waals surface area contributed by atoms with Gasteiger partial charge in [0, 0.05) is 12.6 Å². The summed E-state index contributed by atoms with van der Waals surface area (Å²) in [5, 5.41) is 0. The number of hydrogen-bond acceptors (Lipinski definition) is 3. The van der Waals surface area contributed by atoms with Gasteiger partial charge in [0.2, 0.25) is 0 Å². The molecule has 1 aliphatic carbocycles. The summed E-state index contributed by atoms with van der Waals surface area (Å²) in [4.78, 5) is 2.66. The van der Waals surface area contributed by atoms with Crippen LogP contribution in [0.25, 0.3) is 0 Å². The molecule has 0 amide bonds. The van der Waals surface area contributed by atoms with E-state index in [0.29, 0.717) is 12.0 Å². The Morgan fingerprint density at radius 3 is 2.95 bits per heavy atom. The summed E-state index contributed by atoms with van der Waals surface area (Å²) in [6.45, 7) is 5.52. The molecule has 1 saturated heterocycles. The lowest BCUT2D eigenvalue weighted by Gasteiger charge is -2.40. The first-order chi connectivity index (χ1) is 9.72. The highest BCUT2D eigenvalue weighted by Crippen LogP contribution is 2.40. The first-order valence-corrected chi connectivity index (χ1v) is 7.84. The Morgan fingerprint density at radius 2 is 2.20 bits per heavy atom. The highest BCUT2D eigenvalue weighted by Gasteiger charge is 2.33. The van der Waals surface area contributed by atoms with Crippen LogP contribution >= 0.6 is 0 Å². The van der Waals surface area contributed by atoms with E-state index in [0.717, 1.165) is 24.8 Å². The number of nitrogens with two attached hydrogens (primary N) is 1. The van der Waals surface area contributed by atoms with Crippen molar-refractivity contribution in [3.8, 4) is 5.75 Å². The molecule has 1 aromatic rings. The summed E-state index contributed by atoms with van der Waals surface area (Å²) in [7, 11) is 1.75. The van der Waals surface area contributed by atoms with Crippen LogP contribution in [0.1, 0.15) is 36.9 Å². The van der Waals surface area contributed by atoms with Gasteiger partial charge in [0.25, 0.3) is 0 Å². The molecule has 3 heteroatoms. The smallest absolute Gasteiger partial charge is 0.119 e. The number of rotatable bonds is 3. The van der Waals surface area contributed by atoms with Crippen molar-refractivity contribution in [2.24, 2.45) is 17.6 Å². The average molecular weight is 274 g/mol. The minimum atomic E-state index is 0.571. The quantitative estimate of drug-likeness (QED) is 0.921. The lowest BCUT2D eigenvalue weighted by atomic mass is 9.86. The van der Waals surface area contributed by atoms with E-state index in [-0.39, 0.29) is 0 Å². The van der Waals surface area contributed by atoms with Crippen molar-refractivity contribution in [2.45, 2.75) is 32.2 Å². The fraction of sp³-hybridized carbons (Fsp3) is 0.647. The molecule has 1 aromatic carbocycles. The zero-order valence-corrected chi connectivity index (χ0v) is 12.6. The van der Waals surface area contributed by atoms with Crippen LogP contribution in [0.5, 0.6) is 5.75 Å². The molecular formula is C17H26N2O. The first kappa shape index (κ1) is 13.9. The van der Waals surface area contributed by atoms with E-state index in [4.69, 9.17) is 10.5 Å². The Morgan fingerprint density at radius 1 is 1.35 bits per heavy atom. The highest BCUT2D eigenvalue weighted by molar-refractivity contribution is 5.40. The van der Waals surface area contributed by atoms with Crippen molar-refractivity contribution in [1.82, 2.24) is 4.90 Å².